The van der Waals surface area contributed by atoms with Gasteiger partial charge in [-0.25, -0.2) is 9.97 Å². The fourth-order valence-electron chi connectivity index (χ4n) is 5.02. The minimum Gasteiger partial charge on any atom is -0.379 e. The molecular weight excluding hydrogens is 424 g/mol. The highest BCUT2D eigenvalue weighted by Crippen LogP contribution is 2.34. The molecule has 0 spiro atoms. The van der Waals surface area contributed by atoms with Crippen LogP contribution in [0.5, 0.6) is 0 Å². The Kier molecular flexibility index (Phi) is 6.30. The summed E-state index contributed by atoms with van der Waals surface area (Å²) in [5.74, 6) is 1.03. The monoisotopic (exact) mass is 454 g/mol. The van der Waals surface area contributed by atoms with Gasteiger partial charge in [0.05, 0.1) is 24.5 Å². The Labute approximate surface area is 192 Å². The second kappa shape index (κ2) is 9.33. The molecule has 0 atom stereocenters. The predicted octanol–water partition coefficient (Wildman–Crippen LogP) is 2.83. The molecule has 3 heterocycles. The molecule has 0 bridgehead atoms. The highest BCUT2D eigenvalue weighted by molar-refractivity contribution is 7.99. The number of benzene rings is 1. The van der Waals surface area contributed by atoms with E-state index < -0.39 is 0 Å². The van der Waals surface area contributed by atoms with Crippen LogP contribution in [0.3, 0.4) is 0 Å². The van der Waals surface area contributed by atoms with Crippen LogP contribution in [-0.2, 0) is 9.53 Å². The molecule has 8 nitrogen and oxygen atoms in total. The molecule has 5 rings (SSSR count). The molecule has 3 aromatic rings. The molecule has 2 aliphatic rings. The first-order chi connectivity index (χ1) is 15.6. The van der Waals surface area contributed by atoms with Crippen LogP contribution in [0.1, 0.15) is 37.9 Å². The fourth-order valence-corrected chi connectivity index (χ4v) is 5.80. The molecule has 1 amide bonds. The number of thioether (sulfide) groups is 1. The second-order valence-electron chi connectivity index (χ2n) is 8.76. The number of carbonyl (C=O) groups excluding carboxylic acids is 1. The third-order valence-electron chi connectivity index (χ3n) is 6.67. The summed E-state index contributed by atoms with van der Waals surface area (Å²) in [7, 11) is 0. The van der Waals surface area contributed by atoms with E-state index in [1.165, 1.54) is 31.0 Å². The highest BCUT2D eigenvalue weighted by Gasteiger charge is 2.38. The van der Waals surface area contributed by atoms with Crippen molar-refractivity contribution < 1.29 is 9.53 Å². The van der Waals surface area contributed by atoms with Crippen LogP contribution >= 0.6 is 11.8 Å². The van der Waals surface area contributed by atoms with Crippen molar-refractivity contribution in [2.45, 2.75) is 49.7 Å². The number of ether oxygens (including phenoxy) is 1. The smallest absolute Gasteiger partial charge is 0.230 e. The molecule has 170 valence electrons. The van der Waals surface area contributed by atoms with Crippen molar-refractivity contribution in [3.05, 3.63) is 30.1 Å². The summed E-state index contributed by atoms with van der Waals surface area (Å²) in [6, 6.07) is 7.91. The Balaban J connectivity index is 1.28. The molecule has 1 N–H and O–H groups in total. The van der Waals surface area contributed by atoms with Gasteiger partial charge in [0.15, 0.2) is 10.8 Å². The number of nitrogens with one attached hydrogen (secondary N) is 1. The number of aryl methyl sites for hydroxylation is 1. The zero-order valence-corrected chi connectivity index (χ0v) is 19.4. The second-order valence-corrected chi connectivity index (χ2v) is 9.70. The van der Waals surface area contributed by atoms with Crippen molar-refractivity contribution >= 4 is 34.2 Å². The van der Waals surface area contributed by atoms with E-state index in [1.807, 2.05) is 31.2 Å². The number of carbonyl (C=O) groups is 1. The van der Waals surface area contributed by atoms with Crippen molar-refractivity contribution in [3.63, 3.8) is 0 Å². The summed E-state index contributed by atoms with van der Waals surface area (Å²) >= 11 is 1.41. The van der Waals surface area contributed by atoms with Crippen molar-refractivity contribution in [1.29, 1.82) is 0 Å². The quantitative estimate of drug-likeness (QED) is 0.453. The lowest BCUT2D eigenvalue weighted by Gasteiger charge is -2.48. The summed E-state index contributed by atoms with van der Waals surface area (Å²) < 4.78 is 7.32. The summed E-state index contributed by atoms with van der Waals surface area (Å²) in [4.78, 5) is 24.7. The standard InChI is InChI=1S/C23H30N6O2S/c1-17-25-21-18-7-3-4-8-19(18)26-22(29(21)27-17)32-15-20(30)24-16-23(9-5-2-6-10-23)28-11-13-31-14-12-28/h3-4,7-8H,2,5-6,9-16H2,1H3,(H,24,30). The van der Waals surface area contributed by atoms with Gasteiger partial charge in [-0.2, -0.15) is 4.52 Å². The number of fused-ring (bicyclic) bond motifs is 3. The number of amides is 1. The first kappa shape index (κ1) is 21.6. The van der Waals surface area contributed by atoms with Crippen LogP contribution in [0, 0.1) is 6.92 Å². The van der Waals surface area contributed by atoms with Crippen molar-refractivity contribution in [2.24, 2.45) is 0 Å². The summed E-state index contributed by atoms with van der Waals surface area (Å²) in [6.07, 6.45) is 6.03. The summed E-state index contributed by atoms with van der Waals surface area (Å²) in [6.45, 7) is 6.05. The number of rotatable bonds is 6. The van der Waals surface area contributed by atoms with Gasteiger partial charge in [0, 0.05) is 30.6 Å². The van der Waals surface area contributed by atoms with Crippen LogP contribution in [0.2, 0.25) is 0 Å². The van der Waals surface area contributed by atoms with Crippen molar-refractivity contribution in [1.82, 2.24) is 29.8 Å². The van der Waals surface area contributed by atoms with E-state index in [0.717, 1.165) is 55.7 Å². The van der Waals surface area contributed by atoms with Gasteiger partial charge in [0.1, 0.15) is 5.82 Å². The molecule has 32 heavy (non-hydrogen) atoms. The number of morpholine rings is 1. The van der Waals surface area contributed by atoms with E-state index in [2.05, 4.69) is 20.3 Å². The van der Waals surface area contributed by atoms with Crippen LogP contribution in [-0.4, -0.2) is 74.5 Å². The molecule has 1 aliphatic carbocycles. The van der Waals surface area contributed by atoms with Gasteiger partial charge >= 0.3 is 0 Å². The average molecular weight is 455 g/mol. The number of aromatic nitrogens is 4. The summed E-state index contributed by atoms with van der Waals surface area (Å²) in [5, 5.41) is 9.40. The Morgan fingerprint density at radius 3 is 2.75 bits per heavy atom. The average Bonchev–Trinajstić information content (AvgIpc) is 3.24. The van der Waals surface area contributed by atoms with Crippen LogP contribution < -0.4 is 5.32 Å². The predicted molar refractivity (Wildman–Crippen MR) is 125 cm³/mol. The van der Waals surface area contributed by atoms with E-state index in [0.29, 0.717) is 23.3 Å². The minimum absolute atomic E-state index is 0.0353. The maximum absolute atomic E-state index is 12.8. The van der Waals surface area contributed by atoms with Gasteiger partial charge in [-0.15, -0.1) is 5.10 Å². The molecule has 2 aromatic heterocycles. The van der Waals surface area contributed by atoms with E-state index >= 15 is 0 Å². The summed E-state index contributed by atoms with van der Waals surface area (Å²) in [5.41, 5.74) is 1.72. The number of hydrogen-bond donors (Lipinski definition) is 1. The Bertz CT molecular complexity index is 1100. The molecule has 2 fully saturated rings. The third kappa shape index (κ3) is 4.33. The molecule has 0 unspecified atom stereocenters. The topological polar surface area (TPSA) is 84.7 Å². The maximum Gasteiger partial charge on any atom is 0.230 e. The Morgan fingerprint density at radius 1 is 1.16 bits per heavy atom. The van der Waals surface area contributed by atoms with E-state index in [1.54, 1.807) is 4.52 Å². The third-order valence-corrected chi connectivity index (χ3v) is 7.60. The highest BCUT2D eigenvalue weighted by atomic mass is 32.2. The van der Waals surface area contributed by atoms with Gasteiger partial charge in [-0.1, -0.05) is 43.2 Å². The van der Waals surface area contributed by atoms with E-state index in [4.69, 9.17) is 9.72 Å². The number of nitrogens with zero attached hydrogens (tertiary/aromatic N) is 5. The van der Waals surface area contributed by atoms with Crippen LogP contribution in [0.4, 0.5) is 0 Å². The molecule has 1 saturated heterocycles. The van der Waals surface area contributed by atoms with Crippen molar-refractivity contribution in [3.8, 4) is 0 Å². The van der Waals surface area contributed by atoms with Gasteiger partial charge in [-0.05, 0) is 31.9 Å². The van der Waals surface area contributed by atoms with E-state index in [-0.39, 0.29) is 11.4 Å². The zero-order valence-electron chi connectivity index (χ0n) is 18.5. The first-order valence-electron chi connectivity index (χ1n) is 11.5. The van der Waals surface area contributed by atoms with Gasteiger partial charge in [0.2, 0.25) is 5.91 Å². The lowest BCUT2D eigenvalue weighted by Crippen LogP contribution is -2.59. The lowest BCUT2D eigenvalue weighted by atomic mass is 9.79. The van der Waals surface area contributed by atoms with Gasteiger partial charge in [-0.3, -0.25) is 9.69 Å². The normalized spacial score (nSPS) is 19.4. The minimum atomic E-state index is 0.0353. The van der Waals surface area contributed by atoms with Gasteiger partial charge in [0.25, 0.3) is 0 Å². The van der Waals surface area contributed by atoms with Gasteiger partial charge < -0.3 is 10.1 Å². The Hall–Kier alpha value is -2.23. The fraction of sp³-hybridized carbons (Fsp3) is 0.565. The van der Waals surface area contributed by atoms with Crippen LogP contribution in [0.15, 0.2) is 29.4 Å². The molecule has 0 radical (unpaired) electrons. The molecule has 9 heteroatoms. The van der Waals surface area contributed by atoms with E-state index in [9.17, 15) is 4.79 Å². The lowest BCUT2D eigenvalue weighted by molar-refractivity contribution is -0.119. The SMILES string of the molecule is Cc1nc2c3ccccc3nc(SCC(=O)NCC3(N4CCOCC4)CCCCC3)n2n1. The number of para-hydroxylation sites is 1. The molecular formula is C23H30N6O2S. The Morgan fingerprint density at radius 2 is 1.94 bits per heavy atom. The zero-order chi connectivity index (χ0) is 22.0. The molecule has 1 aliphatic heterocycles. The first-order valence-corrected chi connectivity index (χ1v) is 12.5. The largest absolute Gasteiger partial charge is 0.379 e. The van der Waals surface area contributed by atoms with Crippen LogP contribution in [0.25, 0.3) is 16.6 Å². The molecule has 1 saturated carbocycles. The number of hydrogen-bond acceptors (Lipinski definition) is 7. The van der Waals surface area contributed by atoms with Crippen molar-refractivity contribution in [2.75, 3.05) is 38.6 Å². The molecule has 1 aromatic carbocycles. The maximum atomic E-state index is 12.8.